The highest BCUT2D eigenvalue weighted by molar-refractivity contribution is 7.91. The fourth-order valence-corrected chi connectivity index (χ4v) is 2.54. The molecular weight excluding hydrogens is 260 g/mol. The zero-order chi connectivity index (χ0) is 14.0. The first-order chi connectivity index (χ1) is 8.45. The van der Waals surface area contributed by atoms with E-state index in [1.165, 1.54) is 7.11 Å². The number of hydrogen-bond acceptors (Lipinski definition) is 6. The highest BCUT2D eigenvalue weighted by Crippen LogP contribution is 2.06. The zero-order valence-electron chi connectivity index (χ0n) is 11.2. The molecule has 0 heterocycles. The largest absolute Gasteiger partial charge is 0.469 e. The minimum Gasteiger partial charge on any atom is -0.469 e. The van der Waals surface area contributed by atoms with Crippen LogP contribution >= 0.6 is 0 Å². The van der Waals surface area contributed by atoms with Crippen LogP contribution in [0.1, 0.15) is 26.7 Å². The molecule has 0 aliphatic carbocycles. The lowest BCUT2D eigenvalue weighted by Gasteiger charge is -2.16. The highest BCUT2D eigenvalue weighted by Gasteiger charge is 2.17. The van der Waals surface area contributed by atoms with E-state index in [4.69, 9.17) is 9.47 Å². The number of rotatable bonds is 10. The first-order valence-corrected chi connectivity index (χ1v) is 7.77. The van der Waals surface area contributed by atoms with Gasteiger partial charge in [-0.1, -0.05) is 0 Å². The maximum absolute atomic E-state index is 11.6. The fraction of sp³-hybridized carbons (Fsp3) is 0.909. The molecule has 0 unspecified atom stereocenters. The lowest BCUT2D eigenvalue weighted by molar-refractivity contribution is -0.140. The summed E-state index contributed by atoms with van der Waals surface area (Å²) in [5.41, 5.74) is 0. The fourth-order valence-electron chi connectivity index (χ4n) is 1.31. The lowest BCUT2D eigenvalue weighted by Crippen LogP contribution is -2.23. The van der Waals surface area contributed by atoms with E-state index in [1.54, 1.807) is 0 Å². The van der Waals surface area contributed by atoms with Gasteiger partial charge >= 0.3 is 5.97 Å². The van der Waals surface area contributed by atoms with Crippen molar-refractivity contribution in [2.24, 2.45) is 0 Å². The summed E-state index contributed by atoms with van der Waals surface area (Å²) in [7, 11) is -2.05. The van der Waals surface area contributed by atoms with Crippen LogP contribution in [-0.4, -0.2) is 52.5 Å². The second-order valence-corrected chi connectivity index (χ2v) is 5.91. The second-order valence-electron chi connectivity index (χ2n) is 3.61. The average Bonchev–Trinajstić information content (AvgIpc) is 2.34. The number of sulfone groups is 1. The first kappa shape index (κ1) is 17.3. The van der Waals surface area contributed by atoms with Crippen molar-refractivity contribution >= 4 is 15.8 Å². The lowest BCUT2D eigenvalue weighted by atomic mass is 10.4. The molecular formula is C11H22O6S. The Hall–Kier alpha value is -0.660. The number of ether oxygens (including phenoxy) is 3. The maximum Gasteiger partial charge on any atom is 0.306 e. The van der Waals surface area contributed by atoms with Gasteiger partial charge in [0.15, 0.2) is 16.1 Å². The van der Waals surface area contributed by atoms with Gasteiger partial charge in [0.2, 0.25) is 0 Å². The Bertz CT molecular complexity index is 318. The van der Waals surface area contributed by atoms with E-state index in [2.05, 4.69) is 4.74 Å². The standard InChI is InChI=1S/C11H22O6S/c1-4-16-11(17-5-2)7-9-18(13,14)8-6-10(12)15-3/h11H,4-9H2,1-3H3. The van der Waals surface area contributed by atoms with Gasteiger partial charge in [-0.2, -0.15) is 0 Å². The monoisotopic (exact) mass is 282 g/mol. The molecule has 108 valence electrons. The Kier molecular flexibility index (Phi) is 8.95. The molecule has 0 amide bonds. The van der Waals surface area contributed by atoms with E-state index in [0.29, 0.717) is 13.2 Å². The minimum absolute atomic E-state index is 0.0609. The van der Waals surface area contributed by atoms with Gasteiger partial charge in [-0.3, -0.25) is 4.79 Å². The molecule has 18 heavy (non-hydrogen) atoms. The molecule has 0 atom stereocenters. The third-order valence-corrected chi connectivity index (χ3v) is 3.90. The van der Waals surface area contributed by atoms with Crippen molar-refractivity contribution in [3.05, 3.63) is 0 Å². The molecule has 0 saturated heterocycles. The number of carbonyl (C=O) groups is 1. The van der Waals surface area contributed by atoms with Crippen LogP contribution in [0.5, 0.6) is 0 Å². The van der Waals surface area contributed by atoms with Crippen LogP contribution in [0, 0.1) is 0 Å². The molecule has 0 aliphatic rings. The van der Waals surface area contributed by atoms with E-state index >= 15 is 0 Å². The van der Waals surface area contributed by atoms with E-state index in [0.717, 1.165) is 0 Å². The zero-order valence-corrected chi connectivity index (χ0v) is 12.0. The van der Waals surface area contributed by atoms with Crippen molar-refractivity contribution in [3.63, 3.8) is 0 Å². The third kappa shape index (κ3) is 8.43. The third-order valence-electron chi connectivity index (χ3n) is 2.21. The van der Waals surface area contributed by atoms with Gasteiger partial charge in [-0.25, -0.2) is 8.42 Å². The summed E-state index contributed by atoms with van der Waals surface area (Å²) in [5.74, 6) is -0.788. The molecule has 0 radical (unpaired) electrons. The topological polar surface area (TPSA) is 78.9 Å². The smallest absolute Gasteiger partial charge is 0.306 e. The van der Waals surface area contributed by atoms with Crippen molar-refractivity contribution in [3.8, 4) is 0 Å². The quantitative estimate of drug-likeness (QED) is 0.434. The molecule has 0 N–H and O–H groups in total. The number of methoxy groups -OCH3 is 1. The predicted molar refractivity (Wildman–Crippen MR) is 66.9 cm³/mol. The van der Waals surface area contributed by atoms with Gasteiger partial charge in [0.1, 0.15) is 0 Å². The predicted octanol–water partition coefficient (Wildman–Crippen LogP) is 0.753. The molecule has 0 spiro atoms. The molecule has 6 nitrogen and oxygen atoms in total. The van der Waals surface area contributed by atoms with E-state index in [1.807, 2.05) is 13.8 Å². The van der Waals surface area contributed by atoms with Crippen LogP contribution in [0.25, 0.3) is 0 Å². The number of carbonyl (C=O) groups excluding carboxylic acids is 1. The summed E-state index contributed by atoms with van der Waals surface area (Å²) >= 11 is 0. The Morgan fingerprint density at radius 2 is 1.67 bits per heavy atom. The molecule has 0 aromatic carbocycles. The number of esters is 1. The van der Waals surface area contributed by atoms with Crippen LogP contribution in [-0.2, 0) is 28.8 Å². The van der Waals surface area contributed by atoms with Gasteiger partial charge < -0.3 is 14.2 Å². The summed E-state index contributed by atoms with van der Waals surface area (Å²) in [6.45, 7) is 4.56. The summed E-state index contributed by atoms with van der Waals surface area (Å²) in [5, 5.41) is 0. The van der Waals surface area contributed by atoms with Gasteiger partial charge in [-0.05, 0) is 13.8 Å². The molecule has 0 saturated carbocycles. The van der Waals surface area contributed by atoms with Crippen molar-refractivity contribution in [1.82, 2.24) is 0 Å². The molecule has 0 fully saturated rings. The van der Waals surface area contributed by atoms with Crippen molar-refractivity contribution < 1.29 is 27.4 Å². The summed E-state index contributed by atoms with van der Waals surface area (Å²) < 4.78 is 38.2. The van der Waals surface area contributed by atoms with Gasteiger partial charge in [0.25, 0.3) is 0 Å². The minimum atomic E-state index is -3.28. The summed E-state index contributed by atoms with van der Waals surface area (Å²) in [6.07, 6.45) is -0.356. The average molecular weight is 282 g/mol. The summed E-state index contributed by atoms with van der Waals surface area (Å²) in [6, 6.07) is 0. The van der Waals surface area contributed by atoms with Crippen LogP contribution in [0.4, 0.5) is 0 Å². The molecule has 0 aromatic heterocycles. The molecule has 7 heteroatoms. The van der Waals surface area contributed by atoms with Crippen LogP contribution < -0.4 is 0 Å². The van der Waals surface area contributed by atoms with Crippen molar-refractivity contribution in [1.29, 1.82) is 0 Å². The van der Waals surface area contributed by atoms with Crippen molar-refractivity contribution in [2.75, 3.05) is 31.8 Å². The molecule has 0 bridgehead atoms. The molecule has 0 aliphatic heterocycles. The first-order valence-electron chi connectivity index (χ1n) is 5.95. The Morgan fingerprint density at radius 1 is 1.11 bits per heavy atom. The second kappa shape index (κ2) is 9.29. The highest BCUT2D eigenvalue weighted by atomic mass is 32.2. The van der Waals surface area contributed by atoms with Gasteiger partial charge in [0.05, 0.1) is 25.0 Å². The van der Waals surface area contributed by atoms with Crippen LogP contribution in [0.15, 0.2) is 0 Å². The van der Waals surface area contributed by atoms with E-state index < -0.39 is 22.1 Å². The maximum atomic E-state index is 11.6. The Morgan fingerprint density at radius 3 is 2.11 bits per heavy atom. The normalized spacial score (nSPS) is 11.8. The van der Waals surface area contributed by atoms with E-state index in [9.17, 15) is 13.2 Å². The molecule has 0 rings (SSSR count). The SMILES string of the molecule is CCOC(CCS(=O)(=O)CCC(=O)OC)OCC. The summed E-state index contributed by atoms with van der Waals surface area (Å²) in [4.78, 5) is 10.9. The number of hydrogen-bond donors (Lipinski definition) is 0. The van der Waals surface area contributed by atoms with Gasteiger partial charge in [0, 0.05) is 19.6 Å². The van der Waals surface area contributed by atoms with Gasteiger partial charge in [-0.15, -0.1) is 0 Å². The van der Waals surface area contributed by atoms with Crippen molar-refractivity contribution in [2.45, 2.75) is 33.0 Å². The molecule has 0 aromatic rings. The van der Waals surface area contributed by atoms with Crippen LogP contribution in [0.3, 0.4) is 0 Å². The Labute approximate surface area is 109 Å². The van der Waals surface area contributed by atoms with E-state index in [-0.39, 0.29) is 24.3 Å². The van der Waals surface area contributed by atoms with Crippen LogP contribution in [0.2, 0.25) is 0 Å². The Balaban J connectivity index is 4.10.